The molecule has 1 unspecified atom stereocenters. The van der Waals surface area contributed by atoms with Gasteiger partial charge in [0, 0.05) is 39.3 Å². The van der Waals surface area contributed by atoms with Crippen molar-refractivity contribution in [1.29, 1.82) is 0 Å². The number of methoxy groups -OCH3 is 1. The Kier molecular flexibility index (Phi) is 8.18. The molecule has 0 bridgehead atoms. The van der Waals surface area contributed by atoms with Gasteiger partial charge >= 0.3 is 0 Å². The van der Waals surface area contributed by atoms with Crippen LogP contribution in [-0.4, -0.2) is 83.8 Å². The number of ether oxygens (including phenoxy) is 2. The Morgan fingerprint density at radius 3 is 2.63 bits per heavy atom. The third-order valence-corrected chi connectivity index (χ3v) is 5.93. The van der Waals surface area contributed by atoms with E-state index in [1.807, 2.05) is 31.2 Å². The van der Waals surface area contributed by atoms with Crippen LogP contribution in [-0.2, 0) is 9.84 Å². The maximum atomic E-state index is 11.5. The molecule has 27 heavy (non-hydrogen) atoms. The highest BCUT2D eigenvalue weighted by atomic mass is 32.2. The fourth-order valence-electron chi connectivity index (χ4n) is 2.72. The number of aliphatic imine (C=N–C) groups is 1. The summed E-state index contributed by atoms with van der Waals surface area (Å²) in [5.74, 6) is 2.71. The van der Waals surface area contributed by atoms with Gasteiger partial charge in [0.1, 0.15) is 17.6 Å². The van der Waals surface area contributed by atoms with Gasteiger partial charge in [-0.3, -0.25) is 9.89 Å². The van der Waals surface area contributed by atoms with Gasteiger partial charge in [0.25, 0.3) is 0 Å². The van der Waals surface area contributed by atoms with E-state index < -0.39 is 9.84 Å². The highest BCUT2D eigenvalue weighted by molar-refractivity contribution is 7.91. The summed E-state index contributed by atoms with van der Waals surface area (Å²) in [4.78, 5) is 6.35. The molecule has 1 heterocycles. The van der Waals surface area contributed by atoms with E-state index >= 15 is 0 Å². The van der Waals surface area contributed by atoms with E-state index in [-0.39, 0.29) is 17.6 Å². The number of hydrogen-bond donors (Lipinski definition) is 2. The first-order valence-electron chi connectivity index (χ1n) is 9.10. The maximum Gasteiger partial charge on any atom is 0.191 e. The van der Waals surface area contributed by atoms with Gasteiger partial charge in [-0.2, -0.15) is 0 Å². The molecule has 0 aromatic heterocycles. The van der Waals surface area contributed by atoms with Crippen LogP contribution < -0.4 is 20.1 Å². The highest BCUT2D eigenvalue weighted by Crippen LogP contribution is 2.19. The van der Waals surface area contributed by atoms with E-state index in [9.17, 15) is 8.42 Å². The van der Waals surface area contributed by atoms with Crippen molar-refractivity contribution in [2.24, 2.45) is 4.99 Å². The Labute approximate surface area is 161 Å². The molecular weight excluding hydrogens is 368 g/mol. The van der Waals surface area contributed by atoms with Crippen molar-refractivity contribution >= 4 is 15.8 Å². The average molecular weight is 399 g/mol. The van der Waals surface area contributed by atoms with Gasteiger partial charge in [0.2, 0.25) is 0 Å². The van der Waals surface area contributed by atoms with Crippen LogP contribution in [0.5, 0.6) is 11.5 Å². The first-order chi connectivity index (χ1) is 12.9. The van der Waals surface area contributed by atoms with Crippen molar-refractivity contribution in [2.45, 2.75) is 13.0 Å². The molecule has 1 aliphatic rings. The largest absolute Gasteiger partial charge is 0.497 e. The fourth-order valence-corrected chi connectivity index (χ4v) is 3.99. The zero-order valence-corrected chi connectivity index (χ0v) is 17.1. The second kappa shape index (κ2) is 10.4. The predicted molar refractivity (Wildman–Crippen MR) is 108 cm³/mol. The average Bonchev–Trinajstić information content (AvgIpc) is 2.65. The quantitative estimate of drug-likeness (QED) is 0.482. The minimum Gasteiger partial charge on any atom is -0.497 e. The smallest absolute Gasteiger partial charge is 0.191 e. The van der Waals surface area contributed by atoms with Crippen LogP contribution in [0.4, 0.5) is 0 Å². The molecule has 8 nitrogen and oxygen atoms in total. The molecule has 2 rings (SSSR count). The molecule has 1 fully saturated rings. The van der Waals surface area contributed by atoms with Gasteiger partial charge in [-0.15, -0.1) is 0 Å². The lowest BCUT2D eigenvalue weighted by atomic mass is 10.3. The molecule has 1 aliphatic heterocycles. The summed E-state index contributed by atoms with van der Waals surface area (Å²) in [7, 11) is 0.516. The van der Waals surface area contributed by atoms with E-state index in [0.29, 0.717) is 32.1 Å². The summed E-state index contributed by atoms with van der Waals surface area (Å²) < 4.78 is 34.0. The number of rotatable bonds is 8. The zero-order valence-electron chi connectivity index (χ0n) is 16.3. The Bertz CT molecular complexity index is 710. The summed E-state index contributed by atoms with van der Waals surface area (Å²) in [6.45, 7) is 5.26. The van der Waals surface area contributed by atoms with Crippen LogP contribution in [0, 0.1) is 0 Å². The fraction of sp³-hybridized carbons (Fsp3) is 0.611. The second-order valence-corrected chi connectivity index (χ2v) is 8.78. The third kappa shape index (κ3) is 7.64. The normalized spacial score (nSPS) is 18.6. The lowest BCUT2D eigenvalue weighted by Gasteiger charge is -2.26. The minimum atomic E-state index is -2.83. The molecule has 0 amide bonds. The molecule has 152 valence electrons. The number of nitrogens with one attached hydrogen (secondary N) is 2. The molecule has 0 aliphatic carbocycles. The van der Waals surface area contributed by atoms with Gasteiger partial charge in [-0.05, 0) is 19.1 Å². The molecule has 1 saturated heterocycles. The Balaban J connectivity index is 1.67. The van der Waals surface area contributed by atoms with Crippen LogP contribution in [0.3, 0.4) is 0 Å². The predicted octanol–water partition coefficient (Wildman–Crippen LogP) is 0.358. The molecule has 1 atom stereocenters. The molecule has 0 radical (unpaired) electrons. The maximum absolute atomic E-state index is 11.5. The highest BCUT2D eigenvalue weighted by Gasteiger charge is 2.20. The Morgan fingerprint density at radius 2 is 1.96 bits per heavy atom. The van der Waals surface area contributed by atoms with E-state index in [1.54, 1.807) is 14.2 Å². The van der Waals surface area contributed by atoms with Crippen LogP contribution in [0.1, 0.15) is 6.92 Å². The Hall–Kier alpha value is -2.00. The first-order valence-corrected chi connectivity index (χ1v) is 10.9. The lowest BCUT2D eigenvalue weighted by molar-refractivity contribution is 0.223. The van der Waals surface area contributed by atoms with Gasteiger partial charge in [-0.25, -0.2) is 8.42 Å². The van der Waals surface area contributed by atoms with Crippen LogP contribution in [0.15, 0.2) is 29.3 Å². The monoisotopic (exact) mass is 398 g/mol. The lowest BCUT2D eigenvalue weighted by Crippen LogP contribution is -2.47. The summed E-state index contributed by atoms with van der Waals surface area (Å²) in [5, 5.41) is 6.48. The SMILES string of the molecule is CN=C(NCCN1CCS(=O)(=O)CC1)NCC(C)Oc1cccc(OC)c1. The van der Waals surface area contributed by atoms with Crippen molar-refractivity contribution in [3.8, 4) is 11.5 Å². The molecule has 1 aromatic rings. The van der Waals surface area contributed by atoms with Crippen LogP contribution in [0.2, 0.25) is 0 Å². The van der Waals surface area contributed by atoms with Crippen molar-refractivity contribution in [3.63, 3.8) is 0 Å². The molecule has 0 saturated carbocycles. The summed E-state index contributed by atoms with van der Waals surface area (Å²) in [6.07, 6.45) is -0.0528. The number of nitrogens with zero attached hydrogens (tertiary/aromatic N) is 2. The number of hydrogen-bond acceptors (Lipinski definition) is 6. The van der Waals surface area contributed by atoms with Gasteiger partial charge in [0.05, 0.1) is 25.2 Å². The molecule has 0 spiro atoms. The number of benzene rings is 1. The van der Waals surface area contributed by atoms with E-state index in [4.69, 9.17) is 9.47 Å². The first kappa shape index (κ1) is 21.3. The number of guanidine groups is 1. The molecule has 1 aromatic carbocycles. The molecular formula is C18H30N4O4S. The zero-order chi connectivity index (χ0) is 19.7. The van der Waals surface area contributed by atoms with Gasteiger partial charge in [0.15, 0.2) is 15.8 Å². The van der Waals surface area contributed by atoms with Gasteiger partial charge < -0.3 is 20.1 Å². The topological polar surface area (TPSA) is 92.3 Å². The molecule has 9 heteroatoms. The third-order valence-electron chi connectivity index (χ3n) is 4.32. The van der Waals surface area contributed by atoms with E-state index in [0.717, 1.165) is 18.0 Å². The standard InChI is InChI=1S/C18H30N4O4S/c1-15(26-17-6-4-5-16(13-17)25-3)14-21-18(19-2)20-7-8-22-9-11-27(23,24)12-10-22/h4-6,13,15H,7-12,14H2,1-3H3,(H2,19,20,21). The molecule has 2 N–H and O–H groups in total. The van der Waals surface area contributed by atoms with Crippen molar-refractivity contribution in [3.05, 3.63) is 24.3 Å². The summed E-state index contributed by atoms with van der Waals surface area (Å²) >= 11 is 0. The van der Waals surface area contributed by atoms with E-state index in [1.165, 1.54) is 0 Å². The second-order valence-electron chi connectivity index (χ2n) is 6.48. The van der Waals surface area contributed by atoms with Crippen molar-refractivity contribution in [1.82, 2.24) is 15.5 Å². The minimum absolute atomic E-state index is 0.0528. The summed E-state index contributed by atoms with van der Waals surface area (Å²) in [5.41, 5.74) is 0. The van der Waals surface area contributed by atoms with Crippen LogP contribution in [0.25, 0.3) is 0 Å². The van der Waals surface area contributed by atoms with Gasteiger partial charge in [-0.1, -0.05) is 6.07 Å². The summed E-state index contributed by atoms with van der Waals surface area (Å²) in [6, 6.07) is 7.51. The Morgan fingerprint density at radius 1 is 1.26 bits per heavy atom. The van der Waals surface area contributed by atoms with E-state index in [2.05, 4.69) is 20.5 Å². The van der Waals surface area contributed by atoms with Crippen molar-refractivity contribution in [2.75, 3.05) is 58.4 Å². The number of sulfone groups is 1. The van der Waals surface area contributed by atoms with Crippen molar-refractivity contribution < 1.29 is 17.9 Å². The van der Waals surface area contributed by atoms with Crippen LogP contribution >= 0.6 is 0 Å².